The lowest BCUT2D eigenvalue weighted by Crippen LogP contribution is -2.54. The molecule has 0 unspecified atom stereocenters. The van der Waals surface area contributed by atoms with Crippen LogP contribution in [0.15, 0.2) is 0 Å². The summed E-state index contributed by atoms with van der Waals surface area (Å²) in [6.45, 7) is 13.3. The Morgan fingerprint density at radius 2 is 1.62 bits per heavy atom. The molecule has 0 aromatic carbocycles. The van der Waals surface area contributed by atoms with Crippen molar-refractivity contribution in [3.05, 3.63) is 0 Å². The molecule has 0 aromatic heterocycles. The first-order chi connectivity index (χ1) is 7.45. The second kappa shape index (κ2) is 4.58. The number of alkyl halides is 1. The lowest BCUT2D eigenvalue weighted by Gasteiger charge is -2.43. The highest BCUT2D eigenvalue weighted by molar-refractivity contribution is 9.09. The Kier molecular flexibility index (Phi) is 3.68. The van der Waals surface area contributed by atoms with Crippen molar-refractivity contribution in [2.24, 2.45) is 5.41 Å². The predicted molar refractivity (Wildman–Crippen MR) is 73.2 cm³/mol. The molecule has 2 fully saturated rings. The fraction of sp³-hybridized carbons (Fsp3) is 1.00. The van der Waals surface area contributed by atoms with Gasteiger partial charge in [-0.05, 0) is 39.0 Å². The zero-order valence-electron chi connectivity index (χ0n) is 10.9. The quantitative estimate of drug-likeness (QED) is 0.737. The molecule has 1 saturated heterocycles. The van der Waals surface area contributed by atoms with Gasteiger partial charge in [-0.2, -0.15) is 0 Å². The number of halogens is 1. The van der Waals surface area contributed by atoms with Crippen LogP contribution in [-0.2, 0) is 0 Å². The third-order valence-corrected chi connectivity index (χ3v) is 5.31. The summed E-state index contributed by atoms with van der Waals surface area (Å²) in [5, 5.41) is 1.19. The average Bonchev–Trinajstić information content (AvgIpc) is 2.98. The standard InChI is InChI=1S/C13H25BrN2/c1-12(2,3)16-8-6-15(7-9-16)11-13(10-14)4-5-13/h4-11H2,1-3H3. The Hall–Kier alpha value is 0.400. The summed E-state index contributed by atoms with van der Waals surface area (Å²) in [5.41, 5.74) is 0.989. The first-order valence-electron chi connectivity index (χ1n) is 6.49. The maximum absolute atomic E-state index is 3.67. The van der Waals surface area contributed by atoms with Crippen LogP contribution in [0.5, 0.6) is 0 Å². The molecule has 0 atom stereocenters. The van der Waals surface area contributed by atoms with Crippen molar-refractivity contribution in [2.45, 2.75) is 39.2 Å². The van der Waals surface area contributed by atoms with Gasteiger partial charge in [0.25, 0.3) is 0 Å². The third-order valence-electron chi connectivity index (χ3n) is 4.12. The Balaban J connectivity index is 1.77. The summed E-state index contributed by atoms with van der Waals surface area (Å²) in [6, 6.07) is 0. The molecule has 0 amide bonds. The van der Waals surface area contributed by atoms with Crippen LogP contribution >= 0.6 is 15.9 Å². The van der Waals surface area contributed by atoms with Crippen molar-refractivity contribution in [3.63, 3.8) is 0 Å². The zero-order chi connectivity index (χ0) is 11.8. The highest BCUT2D eigenvalue weighted by Gasteiger charge is 2.43. The lowest BCUT2D eigenvalue weighted by molar-refractivity contribution is 0.0549. The maximum Gasteiger partial charge on any atom is 0.0126 e. The normalized spacial score (nSPS) is 27.0. The van der Waals surface area contributed by atoms with Gasteiger partial charge in [0.15, 0.2) is 0 Å². The molecule has 2 nitrogen and oxygen atoms in total. The van der Waals surface area contributed by atoms with Gasteiger partial charge in [-0.15, -0.1) is 0 Å². The van der Waals surface area contributed by atoms with Crippen LogP contribution in [0.2, 0.25) is 0 Å². The van der Waals surface area contributed by atoms with Gasteiger partial charge in [0.2, 0.25) is 0 Å². The first kappa shape index (κ1) is 12.8. The molecular formula is C13H25BrN2. The molecule has 1 aliphatic heterocycles. The van der Waals surface area contributed by atoms with Gasteiger partial charge < -0.3 is 4.90 Å². The highest BCUT2D eigenvalue weighted by Crippen LogP contribution is 2.47. The maximum atomic E-state index is 3.67. The van der Waals surface area contributed by atoms with E-state index in [2.05, 4.69) is 46.5 Å². The predicted octanol–water partition coefficient (Wildman–Crippen LogP) is 2.58. The van der Waals surface area contributed by atoms with Crippen molar-refractivity contribution < 1.29 is 0 Å². The van der Waals surface area contributed by atoms with Crippen LogP contribution in [0.1, 0.15) is 33.6 Å². The number of hydrogen-bond acceptors (Lipinski definition) is 2. The highest BCUT2D eigenvalue weighted by atomic mass is 79.9. The molecule has 2 rings (SSSR count). The van der Waals surface area contributed by atoms with Crippen LogP contribution in [-0.4, -0.2) is 53.4 Å². The molecule has 0 spiro atoms. The summed E-state index contributed by atoms with van der Waals surface area (Å²) >= 11 is 3.67. The average molecular weight is 289 g/mol. The molecule has 16 heavy (non-hydrogen) atoms. The van der Waals surface area contributed by atoms with E-state index < -0.39 is 0 Å². The van der Waals surface area contributed by atoms with Gasteiger partial charge >= 0.3 is 0 Å². The van der Waals surface area contributed by atoms with Gasteiger partial charge in [-0.25, -0.2) is 0 Å². The number of rotatable bonds is 3. The summed E-state index contributed by atoms with van der Waals surface area (Å²) in [4.78, 5) is 5.27. The van der Waals surface area contributed by atoms with E-state index in [9.17, 15) is 0 Å². The molecule has 0 N–H and O–H groups in total. The van der Waals surface area contributed by atoms with Gasteiger partial charge in [-0.3, -0.25) is 4.90 Å². The third kappa shape index (κ3) is 2.99. The molecule has 2 aliphatic rings. The van der Waals surface area contributed by atoms with Gasteiger partial charge in [0.1, 0.15) is 0 Å². The number of hydrogen-bond donors (Lipinski definition) is 0. The summed E-state index contributed by atoms with van der Waals surface area (Å²) in [6.07, 6.45) is 2.86. The SMILES string of the molecule is CC(C)(C)N1CCN(CC2(CBr)CC2)CC1. The first-order valence-corrected chi connectivity index (χ1v) is 7.61. The van der Waals surface area contributed by atoms with E-state index >= 15 is 0 Å². The molecular weight excluding hydrogens is 264 g/mol. The summed E-state index contributed by atoms with van der Waals surface area (Å²) in [7, 11) is 0. The molecule has 1 saturated carbocycles. The van der Waals surface area contributed by atoms with Crippen LogP contribution in [0, 0.1) is 5.41 Å². The van der Waals surface area contributed by atoms with E-state index in [0.29, 0.717) is 11.0 Å². The Morgan fingerprint density at radius 1 is 1.06 bits per heavy atom. The molecule has 0 aromatic rings. The van der Waals surface area contributed by atoms with E-state index in [4.69, 9.17) is 0 Å². The molecule has 1 heterocycles. The second-order valence-corrected chi connectivity index (χ2v) is 7.13. The molecule has 1 aliphatic carbocycles. The fourth-order valence-corrected chi connectivity index (χ4v) is 3.30. The van der Waals surface area contributed by atoms with Crippen LogP contribution < -0.4 is 0 Å². The van der Waals surface area contributed by atoms with Crippen molar-refractivity contribution >= 4 is 15.9 Å². The number of piperazine rings is 1. The smallest absolute Gasteiger partial charge is 0.0126 e. The van der Waals surface area contributed by atoms with E-state index in [1.807, 2.05) is 0 Å². The minimum atomic E-state index is 0.346. The van der Waals surface area contributed by atoms with E-state index in [0.717, 1.165) is 0 Å². The van der Waals surface area contributed by atoms with E-state index in [1.54, 1.807) is 0 Å². The molecule has 94 valence electrons. The molecule has 3 heteroatoms. The van der Waals surface area contributed by atoms with Crippen molar-refractivity contribution in [3.8, 4) is 0 Å². The summed E-state index contributed by atoms with van der Waals surface area (Å²) < 4.78 is 0. The second-order valence-electron chi connectivity index (χ2n) is 6.57. The fourth-order valence-electron chi connectivity index (χ4n) is 2.56. The molecule has 0 bridgehead atoms. The Morgan fingerprint density at radius 3 is 2.00 bits per heavy atom. The topological polar surface area (TPSA) is 6.48 Å². The Bertz CT molecular complexity index is 235. The van der Waals surface area contributed by atoms with Crippen LogP contribution in [0.4, 0.5) is 0 Å². The minimum Gasteiger partial charge on any atom is -0.300 e. The monoisotopic (exact) mass is 288 g/mol. The van der Waals surface area contributed by atoms with Crippen molar-refractivity contribution in [2.75, 3.05) is 38.1 Å². The van der Waals surface area contributed by atoms with Crippen molar-refractivity contribution in [1.82, 2.24) is 9.80 Å². The number of nitrogens with zero attached hydrogens (tertiary/aromatic N) is 2. The molecule has 0 radical (unpaired) electrons. The van der Waals surface area contributed by atoms with Crippen molar-refractivity contribution in [1.29, 1.82) is 0 Å². The minimum absolute atomic E-state index is 0.346. The van der Waals surface area contributed by atoms with Gasteiger partial charge in [-0.1, -0.05) is 15.9 Å². The van der Waals surface area contributed by atoms with Gasteiger partial charge in [0, 0.05) is 43.6 Å². The largest absolute Gasteiger partial charge is 0.300 e. The lowest BCUT2D eigenvalue weighted by atomic mass is 10.0. The van der Waals surface area contributed by atoms with Gasteiger partial charge in [0.05, 0.1) is 0 Å². The van der Waals surface area contributed by atoms with Crippen LogP contribution in [0.3, 0.4) is 0 Å². The van der Waals surface area contributed by atoms with Crippen LogP contribution in [0.25, 0.3) is 0 Å². The van der Waals surface area contributed by atoms with E-state index in [-0.39, 0.29) is 0 Å². The summed E-state index contributed by atoms with van der Waals surface area (Å²) in [5.74, 6) is 0. The Labute approximate surface area is 108 Å². The zero-order valence-corrected chi connectivity index (χ0v) is 12.5. The van der Waals surface area contributed by atoms with E-state index in [1.165, 1.54) is 50.9 Å².